The number of piperidine rings is 1. The lowest BCUT2D eigenvalue weighted by Crippen LogP contribution is -2.48. The zero-order chi connectivity index (χ0) is 17.0. The first-order chi connectivity index (χ1) is 10.8. The SMILES string of the molecule is CS(=O)(=O)N1CCCC(NC(=O)/C=C/c2cc(Br)ccc2F)C1. The topological polar surface area (TPSA) is 66.5 Å². The number of amides is 1. The van der Waals surface area contributed by atoms with Crippen molar-refractivity contribution in [3.63, 3.8) is 0 Å². The minimum Gasteiger partial charge on any atom is -0.348 e. The molecule has 126 valence electrons. The van der Waals surface area contributed by atoms with Gasteiger partial charge in [-0.15, -0.1) is 0 Å². The zero-order valence-corrected chi connectivity index (χ0v) is 15.0. The van der Waals surface area contributed by atoms with Crippen LogP contribution in [-0.4, -0.2) is 44.0 Å². The van der Waals surface area contributed by atoms with Gasteiger partial charge in [0.15, 0.2) is 0 Å². The number of sulfonamides is 1. The average Bonchev–Trinajstić information content (AvgIpc) is 2.47. The molecule has 1 aromatic carbocycles. The molecule has 23 heavy (non-hydrogen) atoms. The van der Waals surface area contributed by atoms with Crippen LogP contribution in [0.15, 0.2) is 28.7 Å². The van der Waals surface area contributed by atoms with Crippen LogP contribution >= 0.6 is 15.9 Å². The second-order valence-corrected chi connectivity index (χ2v) is 8.37. The Morgan fingerprint density at radius 1 is 1.48 bits per heavy atom. The molecule has 1 N–H and O–H groups in total. The fourth-order valence-electron chi connectivity index (χ4n) is 2.42. The van der Waals surface area contributed by atoms with E-state index in [2.05, 4.69) is 21.2 Å². The fraction of sp³-hybridized carbons (Fsp3) is 0.400. The van der Waals surface area contributed by atoms with E-state index < -0.39 is 15.8 Å². The van der Waals surface area contributed by atoms with E-state index in [0.717, 1.165) is 17.1 Å². The number of hydrogen-bond acceptors (Lipinski definition) is 3. The van der Waals surface area contributed by atoms with Gasteiger partial charge in [-0.3, -0.25) is 4.79 Å². The maximum atomic E-state index is 13.6. The molecule has 1 aliphatic rings. The summed E-state index contributed by atoms with van der Waals surface area (Å²) < 4.78 is 38.8. The summed E-state index contributed by atoms with van der Waals surface area (Å²) in [5.74, 6) is -0.789. The van der Waals surface area contributed by atoms with Gasteiger partial charge in [0.2, 0.25) is 15.9 Å². The number of halogens is 2. The zero-order valence-electron chi connectivity index (χ0n) is 12.6. The lowest BCUT2D eigenvalue weighted by Gasteiger charge is -2.31. The first-order valence-corrected chi connectivity index (χ1v) is 9.78. The van der Waals surface area contributed by atoms with Gasteiger partial charge in [0, 0.05) is 35.2 Å². The van der Waals surface area contributed by atoms with Gasteiger partial charge in [-0.2, -0.15) is 0 Å². The van der Waals surface area contributed by atoms with Crippen LogP contribution in [0.5, 0.6) is 0 Å². The molecule has 1 unspecified atom stereocenters. The van der Waals surface area contributed by atoms with Crippen molar-refractivity contribution in [1.29, 1.82) is 0 Å². The highest BCUT2D eigenvalue weighted by atomic mass is 79.9. The lowest BCUT2D eigenvalue weighted by atomic mass is 10.1. The number of nitrogens with zero attached hydrogens (tertiary/aromatic N) is 1. The standard InChI is InChI=1S/C15H18BrFN2O3S/c1-23(21,22)19-8-2-3-13(10-19)18-15(20)7-4-11-9-12(16)5-6-14(11)17/h4-7,9,13H,2-3,8,10H2,1H3,(H,18,20)/b7-4+. The average molecular weight is 405 g/mol. The van der Waals surface area contributed by atoms with Crippen molar-refractivity contribution in [3.05, 3.63) is 40.1 Å². The molecular weight excluding hydrogens is 387 g/mol. The third-order valence-electron chi connectivity index (χ3n) is 3.57. The third kappa shape index (κ3) is 5.40. The summed E-state index contributed by atoms with van der Waals surface area (Å²) in [6.45, 7) is 0.744. The molecule has 1 fully saturated rings. The van der Waals surface area contributed by atoms with Gasteiger partial charge in [-0.25, -0.2) is 17.1 Å². The van der Waals surface area contributed by atoms with Gasteiger partial charge in [0.25, 0.3) is 0 Å². The second-order valence-electron chi connectivity index (χ2n) is 5.47. The van der Waals surface area contributed by atoms with Crippen molar-refractivity contribution in [2.24, 2.45) is 0 Å². The Labute approximate surface area is 143 Å². The summed E-state index contributed by atoms with van der Waals surface area (Å²) in [5, 5.41) is 2.76. The van der Waals surface area contributed by atoms with E-state index in [1.165, 1.54) is 22.5 Å². The summed E-state index contributed by atoms with van der Waals surface area (Å²) in [7, 11) is -3.25. The highest BCUT2D eigenvalue weighted by Crippen LogP contribution is 2.17. The number of carbonyl (C=O) groups excluding carboxylic acids is 1. The van der Waals surface area contributed by atoms with E-state index >= 15 is 0 Å². The van der Waals surface area contributed by atoms with Crippen LogP contribution in [0.3, 0.4) is 0 Å². The second kappa shape index (κ2) is 7.55. The Kier molecular flexibility index (Phi) is 5.94. The Balaban J connectivity index is 1.96. The summed E-state index contributed by atoms with van der Waals surface area (Å²) in [5.41, 5.74) is 0.302. The monoisotopic (exact) mass is 404 g/mol. The molecule has 8 heteroatoms. The van der Waals surface area contributed by atoms with E-state index in [1.807, 2.05) is 0 Å². The Morgan fingerprint density at radius 3 is 2.91 bits per heavy atom. The molecule has 0 bridgehead atoms. The highest BCUT2D eigenvalue weighted by molar-refractivity contribution is 9.10. The van der Waals surface area contributed by atoms with Gasteiger partial charge in [-0.05, 0) is 37.1 Å². The Bertz CT molecular complexity index is 721. The van der Waals surface area contributed by atoms with E-state index in [4.69, 9.17) is 0 Å². The molecule has 0 saturated carbocycles. The van der Waals surface area contributed by atoms with Crippen LogP contribution in [0, 0.1) is 5.82 Å². The van der Waals surface area contributed by atoms with Crippen LogP contribution in [0.1, 0.15) is 18.4 Å². The van der Waals surface area contributed by atoms with Crippen LogP contribution in [0.25, 0.3) is 6.08 Å². The van der Waals surface area contributed by atoms with Crippen LogP contribution in [0.4, 0.5) is 4.39 Å². The normalized spacial score (nSPS) is 19.9. The quantitative estimate of drug-likeness (QED) is 0.781. The minimum absolute atomic E-state index is 0.233. The molecule has 2 rings (SSSR count). The van der Waals surface area contributed by atoms with Crippen molar-refractivity contribution in [1.82, 2.24) is 9.62 Å². The van der Waals surface area contributed by atoms with Gasteiger partial charge >= 0.3 is 0 Å². The minimum atomic E-state index is -3.25. The van der Waals surface area contributed by atoms with E-state index in [9.17, 15) is 17.6 Å². The molecular formula is C15H18BrFN2O3S. The number of nitrogens with one attached hydrogen (secondary N) is 1. The first kappa shape index (κ1) is 18.1. The highest BCUT2D eigenvalue weighted by Gasteiger charge is 2.26. The van der Waals surface area contributed by atoms with Gasteiger partial charge in [0.05, 0.1) is 6.26 Å². The molecule has 0 spiro atoms. The van der Waals surface area contributed by atoms with Crippen molar-refractivity contribution >= 4 is 37.9 Å². The number of benzene rings is 1. The molecule has 1 amide bonds. The summed E-state index contributed by atoms with van der Waals surface area (Å²) in [6.07, 6.45) is 5.23. The van der Waals surface area contributed by atoms with Crippen molar-refractivity contribution in [2.45, 2.75) is 18.9 Å². The number of carbonyl (C=O) groups is 1. The molecule has 1 saturated heterocycles. The maximum absolute atomic E-state index is 13.6. The number of rotatable bonds is 4. The summed E-state index contributed by atoms with van der Waals surface area (Å²) in [4.78, 5) is 11.9. The molecule has 0 radical (unpaired) electrons. The van der Waals surface area contributed by atoms with Crippen molar-refractivity contribution in [3.8, 4) is 0 Å². The molecule has 0 aliphatic carbocycles. The Morgan fingerprint density at radius 2 is 2.22 bits per heavy atom. The summed E-state index contributed by atoms with van der Waals surface area (Å²) >= 11 is 3.24. The first-order valence-electron chi connectivity index (χ1n) is 7.14. The van der Waals surface area contributed by atoms with Gasteiger partial charge < -0.3 is 5.32 Å². The lowest BCUT2D eigenvalue weighted by molar-refractivity contribution is -0.117. The van der Waals surface area contributed by atoms with Crippen molar-refractivity contribution < 1.29 is 17.6 Å². The van der Waals surface area contributed by atoms with E-state index in [0.29, 0.717) is 18.5 Å². The molecule has 1 aromatic rings. The molecule has 1 aliphatic heterocycles. The maximum Gasteiger partial charge on any atom is 0.244 e. The molecule has 1 atom stereocenters. The van der Waals surface area contributed by atoms with Crippen molar-refractivity contribution in [2.75, 3.05) is 19.3 Å². The third-order valence-corrected chi connectivity index (χ3v) is 5.33. The van der Waals surface area contributed by atoms with E-state index in [-0.39, 0.29) is 18.5 Å². The Hall–Kier alpha value is -1.25. The predicted octanol–water partition coefficient (Wildman–Crippen LogP) is 2.14. The van der Waals surface area contributed by atoms with Gasteiger partial charge in [0.1, 0.15) is 5.82 Å². The molecule has 1 heterocycles. The van der Waals surface area contributed by atoms with Gasteiger partial charge in [-0.1, -0.05) is 15.9 Å². The fourth-order valence-corrected chi connectivity index (χ4v) is 3.71. The number of hydrogen-bond donors (Lipinski definition) is 1. The van der Waals surface area contributed by atoms with Crippen LogP contribution in [-0.2, 0) is 14.8 Å². The molecule has 5 nitrogen and oxygen atoms in total. The largest absolute Gasteiger partial charge is 0.348 e. The van der Waals surface area contributed by atoms with Crippen LogP contribution < -0.4 is 5.32 Å². The molecule has 0 aromatic heterocycles. The predicted molar refractivity (Wildman–Crippen MR) is 90.7 cm³/mol. The van der Waals surface area contributed by atoms with E-state index in [1.54, 1.807) is 12.1 Å². The van der Waals surface area contributed by atoms with Crippen LogP contribution in [0.2, 0.25) is 0 Å². The smallest absolute Gasteiger partial charge is 0.244 e. The summed E-state index contributed by atoms with van der Waals surface area (Å²) in [6, 6.07) is 4.23.